The molecule has 0 aliphatic carbocycles. The van der Waals surface area contributed by atoms with E-state index < -0.39 is 5.97 Å². The molecule has 0 fully saturated rings. The standard InChI is InChI=1S/C42H61N3O5/c1-4-7-10-13-16-19-30-47-39-33-35(42(46)50-38-24-22-36(23-25-38)44-45-37-26-28-43-29-27-37)34-40(48-31-20-17-14-11-8-5-2)41(39)49-32-21-18-15-12-9-6-3/h22-29,33-34H,4-21,30-32H2,1-3H3. The number of unbranched alkanes of at least 4 members (excludes halogenated alkanes) is 15. The van der Waals surface area contributed by atoms with Crippen molar-refractivity contribution in [1.82, 2.24) is 4.98 Å². The first kappa shape index (κ1) is 40.5. The van der Waals surface area contributed by atoms with Crippen LogP contribution in [0.25, 0.3) is 0 Å². The Morgan fingerprint density at radius 2 is 0.960 bits per heavy atom. The van der Waals surface area contributed by atoms with Crippen molar-refractivity contribution in [3.05, 3.63) is 66.5 Å². The predicted molar refractivity (Wildman–Crippen MR) is 203 cm³/mol. The van der Waals surface area contributed by atoms with Gasteiger partial charge in [-0.25, -0.2) is 4.79 Å². The van der Waals surface area contributed by atoms with Crippen LogP contribution in [-0.2, 0) is 0 Å². The van der Waals surface area contributed by atoms with E-state index in [2.05, 4.69) is 36.0 Å². The molecule has 3 aromatic rings. The van der Waals surface area contributed by atoms with Crippen LogP contribution in [-0.4, -0.2) is 30.8 Å². The molecule has 274 valence electrons. The molecule has 0 spiro atoms. The Balaban J connectivity index is 1.75. The van der Waals surface area contributed by atoms with E-state index in [1.165, 1.54) is 77.0 Å². The molecule has 0 aliphatic heterocycles. The number of hydrogen-bond acceptors (Lipinski definition) is 8. The molecule has 8 nitrogen and oxygen atoms in total. The van der Waals surface area contributed by atoms with Crippen LogP contribution in [0.5, 0.6) is 23.0 Å². The molecule has 3 rings (SSSR count). The summed E-state index contributed by atoms with van der Waals surface area (Å²) in [4.78, 5) is 17.5. The second-order valence-electron chi connectivity index (χ2n) is 12.9. The lowest BCUT2D eigenvalue weighted by Gasteiger charge is -2.19. The summed E-state index contributed by atoms with van der Waals surface area (Å²) in [5.41, 5.74) is 1.71. The third-order valence-corrected chi connectivity index (χ3v) is 8.50. The quantitative estimate of drug-likeness (QED) is 0.0326. The highest BCUT2D eigenvalue weighted by Crippen LogP contribution is 2.40. The van der Waals surface area contributed by atoms with E-state index in [1.54, 1.807) is 60.9 Å². The van der Waals surface area contributed by atoms with Crippen LogP contribution in [0.15, 0.2) is 71.2 Å². The largest absolute Gasteiger partial charge is 0.490 e. The van der Waals surface area contributed by atoms with E-state index in [4.69, 9.17) is 18.9 Å². The van der Waals surface area contributed by atoms with Crippen LogP contribution < -0.4 is 18.9 Å². The van der Waals surface area contributed by atoms with E-state index in [-0.39, 0.29) is 0 Å². The zero-order valence-electron chi connectivity index (χ0n) is 31.0. The van der Waals surface area contributed by atoms with Crippen LogP contribution in [0.2, 0.25) is 0 Å². The molecule has 0 unspecified atom stereocenters. The maximum absolute atomic E-state index is 13.5. The van der Waals surface area contributed by atoms with Crippen molar-refractivity contribution in [1.29, 1.82) is 0 Å². The summed E-state index contributed by atoms with van der Waals surface area (Å²) in [5, 5.41) is 8.48. The number of nitrogens with zero attached hydrogens (tertiary/aromatic N) is 3. The summed E-state index contributed by atoms with van der Waals surface area (Å²) in [6.07, 6.45) is 24.3. The van der Waals surface area contributed by atoms with Gasteiger partial charge in [-0.1, -0.05) is 117 Å². The minimum atomic E-state index is -0.493. The van der Waals surface area contributed by atoms with Gasteiger partial charge in [0.2, 0.25) is 5.75 Å². The molecule has 0 radical (unpaired) electrons. The zero-order valence-corrected chi connectivity index (χ0v) is 31.0. The lowest BCUT2D eigenvalue weighted by molar-refractivity contribution is 0.0733. The van der Waals surface area contributed by atoms with Crippen LogP contribution >= 0.6 is 0 Å². The summed E-state index contributed by atoms with van der Waals surface area (Å²) >= 11 is 0. The molecule has 0 aliphatic rings. The van der Waals surface area contributed by atoms with Gasteiger partial charge < -0.3 is 18.9 Å². The second-order valence-corrected chi connectivity index (χ2v) is 12.9. The molecule has 0 saturated carbocycles. The van der Waals surface area contributed by atoms with E-state index in [0.29, 0.717) is 59.8 Å². The van der Waals surface area contributed by atoms with Crippen molar-refractivity contribution >= 4 is 17.3 Å². The minimum absolute atomic E-state index is 0.356. The van der Waals surface area contributed by atoms with Gasteiger partial charge in [0.25, 0.3) is 0 Å². The van der Waals surface area contributed by atoms with E-state index in [0.717, 1.165) is 38.5 Å². The van der Waals surface area contributed by atoms with Gasteiger partial charge in [0.1, 0.15) is 5.75 Å². The van der Waals surface area contributed by atoms with E-state index in [9.17, 15) is 4.79 Å². The summed E-state index contributed by atoms with van der Waals surface area (Å²) in [5.74, 6) is 1.56. The number of esters is 1. The molecule has 0 saturated heterocycles. The van der Waals surface area contributed by atoms with Gasteiger partial charge in [-0.05, 0) is 67.8 Å². The van der Waals surface area contributed by atoms with Crippen LogP contribution in [0.3, 0.4) is 0 Å². The molecular weight excluding hydrogens is 626 g/mol. The maximum Gasteiger partial charge on any atom is 0.343 e. The maximum atomic E-state index is 13.5. The Hall–Kier alpha value is -3.94. The van der Waals surface area contributed by atoms with E-state index in [1.807, 2.05) is 0 Å². The van der Waals surface area contributed by atoms with Crippen molar-refractivity contribution in [2.45, 2.75) is 136 Å². The minimum Gasteiger partial charge on any atom is -0.490 e. The number of azo groups is 1. The monoisotopic (exact) mass is 687 g/mol. The normalized spacial score (nSPS) is 11.2. The lowest BCUT2D eigenvalue weighted by Crippen LogP contribution is -2.12. The number of rotatable bonds is 28. The van der Waals surface area contributed by atoms with Gasteiger partial charge in [-0.15, -0.1) is 0 Å². The number of ether oxygens (including phenoxy) is 4. The van der Waals surface area contributed by atoms with Crippen molar-refractivity contribution < 1.29 is 23.7 Å². The SMILES string of the molecule is CCCCCCCCOc1cc(C(=O)Oc2ccc(N=Nc3ccncc3)cc2)cc(OCCCCCCCC)c1OCCCCCCCC. The van der Waals surface area contributed by atoms with Crippen molar-refractivity contribution in [3.63, 3.8) is 0 Å². The summed E-state index contributed by atoms with van der Waals surface area (Å²) in [7, 11) is 0. The molecule has 1 heterocycles. The van der Waals surface area contributed by atoms with Gasteiger partial charge >= 0.3 is 5.97 Å². The first-order chi connectivity index (χ1) is 24.6. The number of hydrogen-bond donors (Lipinski definition) is 0. The van der Waals surface area contributed by atoms with Gasteiger partial charge in [0, 0.05) is 12.4 Å². The smallest absolute Gasteiger partial charge is 0.343 e. The fourth-order valence-electron chi connectivity index (χ4n) is 5.51. The number of carbonyl (C=O) groups excluding carboxylic acids is 1. The average Bonchev–Trinajstić information content (AvgIpc) is 3.14. The Morgan fingerprint density at radius 1 is 0.540 bits per heavy atom. The topological polar surface area (TPSA) is 91.6 Å². The van der Waals surface area contributed by atoms with Crippen molar-refractivity contribution in [2.24, 2.45) is 10.2 Å². The molecule has 50 heavy (non-hydrogen) atoms. The average molecular weight is 688 g/mol. The molecular formula is C42H61N3O5. The first-order valence-electron chi connectivity index (χ1n) is 19.3. The summed E-state index contributed by atoms with van der Waals surface area (Å²) in [6, 6.07) is 14.0. The fraction of sp³-hybridized carbons (Fsp3) is 0.571. The van der Waals surface area contributed by atoms with Crippen LogP contribution in [0.4, 0.5) is 11.4 Å². The Morgan fingerprint density at radius 3 is 1.44 bits per heavy atom. The molecule has 1 aromatic heterocycles. The third-order valence-electron chi connectivity index (χ3n) is 8.50. The van der Waals surface area contributed by atoms with Crippen LogP contribution in [0.1, 0.15) is 147 Å². The predicted octanol–water partition coefficient (Wildman–Crippen LogP) is 12.9. The van der Waals surface area contributed by atoms with Gasteiger partial charge in [-0.2, -0.15) is 10.2 Å². The highest BCUT2D eigenvalue weighted by Gasteiger charge is 2.20. The third kappa shape index (κ3) is 16.6. The number of benzene rings is 2. The summed E-state index contributed by atoms with van der Waals surface area (Å²) < 4.78 is 24.9. The molecule has 8 heteroatoms. The Kier molecular flexibility index (Phi) is 21.0. The number of carbonyl (C=O) groups is 1. The highest BCUT2D eigenvalue weighted by molar-refractivity contribution is 5.92. The zero-order chi connectivity index (χ0) is 35.5. The van der Waals surface area contributed by atoms with Crippen molar-refractivity contribution in [3.8, 4) is 23.0 Å². The van der Waals surface area contributed by atoms with Gasteiger partial charge in [-0.3, -0.25) is 4.98 Å². The summed E-state index contributed by atoms with van der Waals surface area (Å²) in [6.45, 7) is 8.35. The molecule has 0 amide bonds. The molecule has 0 N–H and O–H groups in total. The Bertz CT molecular complexity index is 1310. The first-order valence-corrected chi connectivity index (χ1v) is 19.3. The number of aromatic nitrogens is 1. The van der Waals surface area contributed by atoms with E-state index >= 15 is 0 Å². The van der Waals surface area contributed by atoms with Crippen molar-refractivity contribution in [2.75, 3.05) is 19.8 Å². The molecule has 0 atom stereocenters. The lowest BCUT2D eigenvalue weighted by atomic mass is 10.1. The van der Waals surface area contributed by atoms with Crippen LogP contribution in [0, 0.1) is 0 Å². The number of pyridine rings is 1. The Labute approximate surface area is 301 Å². The fourth-order valence-corrected chi connectivity index (χ4v) is 5.51. The van der Waals surface area contributed by atoms with Gasteiger partial charge in [0.05, 0.1) is 36.8 Å². The second kappa shape index (κ2) is 25.9. The molecule has 2 aromatic carbocycles. The van der Waals surface area contributed by atoms with Gasteiger partial charge in [0.15, 0.2) is 11.5 Å². The highest BCUT2D eigenvalue weighted by atomic mass is 16.5. The molecule has 0 bridgehead atoms.